The number of nitrogens with zero attached hydrogens (tertiary/aromatic N) is 5. The van der Waals surface area contributed by atoms with Crippen LogP contribution < -0.4 is 5.32 Å². The molecule has 27 heavy (non-hydrogen) atoms. The average molecular weight is 366 g/mol. The van der Waals surface area contributed by atoms with Crippen molar-refractivity contribution < 1.29 is 9.21 Å². The smallest absolute Gasteiger partial charge is 0.258 e. The second-order valence-electron chi connectivity index (χ2n) is 7.85. The molecule has 4 heterocycles. The van der Waals surface area contributed by atoms with Gasteiger partial charge in [-0.1, -0.05) is 0 Å². The molecule has 0 radical (unpaired) electrons. The number of amides is 1. The molecular formula is C19H22N6O2. The minimum absolute atomic E-state index is 0.0436. The molecule has 1 amide bonds. The van der Waals surface area contributed by atoms with Gasteiger partial charge in [-0.2, -0.15) is 5.10 Å². The minimum Gasteiger partial charge on any atom is -0.442 e. The number of hydrogen-bond acceptors (Lipinski definition) is 6. The number of rotatable bonds is 3. The molecular weight excluding hydrogens is 344 g/mol. The Bertz CT molecular complexity index is 1060. The highest BCUT2D eigenvalue weighted by molar-refractivity contribution is 6.10. The van der Waals surface area contributed by atoms with E-state index in [4.69, 9.17) is 4.42 Å². The molecule has 0 saturated heterocycles. The minimum atomic E-state index is -0.0462. The topological polar surface area (TPSA) is 89.1 Å². The maximum Gasteiger partial charge on any atom is 0.258 e. The van der Waals surface area contributed by atoms with E-state index in [0.29, 0.717) is 47.9 Å². The highest BCUT2D eigenvalue weighted by Gasteiger charge is 2.39. The zero-order valence-electron chi connectivity index (χ0n) is 15.7. The van der Waals surface area contributed by atoms with Gasteiger partial charge in [0.15, 0.2) is 0 Å². The molecule has 3 aromatic heterocycles. The van der Waals surface area contributed by atoms with E-state index < -0.39 is 0 Å². The summed E-state index contributed by atoms with van der Waals surface area (Å²) in [6, 6.07) is 2.03. The van der Waals surface area contributed by atoms with Crippen molar-refractivity contribution in [3.8, 4) is 0 Å². The van der Waals surface area contributed by atoms with Gasteiger partial charge in [-0.15, -0.1) is 0 Å². The molecule has 8 nitrogen and oxygen atoms in total. The van der Waals surface area contributed by atoms with E-state index in [9.17, 15) is 4.79 Å². The summed E-state index contributed by atoms with van der Waals surface area (Å²) in [5.74, 6) is 1.21. The first-order valence-corrected chi connectivity index (χ1v) is 9.28. The van der Waals surface area contributed by atoms with Crippen LogP contribution in [0.5, 0.6) is 0 Å². The molecule has 0 aromatic carbocycles. The van der Waals surface area contributed by atoms with Crippen molar-refractivity contribution >= 4 is 22.8 Å². The summed E-state index contributed by atoms with van der Waals surface area (Å²) in [6.45, 7) is 7.80. The molecule has 5 rings (SSSR count). The number of hydrogen-bond donors (Lipinski definition) is 1. The highest BCUT2D eigenvalue weighted by atomic mass is 16.3. The van der Waals surface area contributed by atoms with Crippen molar-refractivity contribution in [3.05, 3.63) is 35.1 Å². The van der Waals surface area contributed by atoms with Gasteiger partial charge in [-0.3, -0.25) is 9.48 Å². The second kappa shape index (κ2) is 5.55. The predicted octanol–water partition coefficient (Wildman–Crippen LogP) is 2.66. The number of anilines is 1. The van der Waals surface area contributed by atoms with Gasteiger partial charge in [-0.25, -0.2) is 9.97 Å². The van der Waals surface area contributed by atoms with Gasteiger partial charge < -0.3 is 14.6 Å². The van der Waals surface area contributed by atoms with Gasteiger partial charge in [0.1, 0.15) is 17.9 Å². The highest BCUT2D eigenvalue weighted by Crippen LogP contribution is 2.40. The second-order valence-corrected chi connectivity index (χ2v) is 7.85. The fourth-order valence-corrected chi connectivity index (χ4v) is 3.74. The lowest BCUT2D eigenvalue weighted by Gasteiger charge is -2.27. The standard InChI is InChI=1S/C19H22N6O2/c1-11-8-13-9-24(6-7-25(13)23-11)18(26)14-12(2)27-17-15(14)16(20-10-21-17)22-19(3)4-5-19/h8,10H,4-7,9H2,1-3H3,(H,20,21,22). The Balaban J connectivity index is 1.54. The molecule has 140 valence electrons. The molecule has 0 unspecified atom stereocenters. The molecule has 8 heteroatoms. The number of carbonyl (C=O) groups excluding carboxylic acids is 1. The van der Waals surface area contributed by atoms with Crippen LogP contribution in [-0.4, -0.2) is 42.6 Å². The normalized spacial score (nSPS) is 17.8. The zero-order chi connectivity index (χ0) is 18.8. The third kappa shape index (κ3) is 2.67. The van der Waals surface area contributed by atoms with Gasteiger partial charge >= 0.3 is 0 Å². The Hall–Kier alpha value is -2.90. The van der Waals surface area contributed by atoms with E-state index in [-0.39, 0.29) is 11.4 Å². The lowest BCUT2D eigenvalue weighted by atomic mass is 10.1. The van der Waals surface area contributed by atoms with E-state index in [1.807, 2.05) is 29.5 Å². The largest absolute Gasteiger partial charge is 0.442 e. The third-order valence-electron chi connectivity index (χ3n) is 5.51. The zero-order valence-corrected chi connectivity index (χ0v) is 15.7. The van der Waals surface area contributed by atoms with E-state index in [0.717, 1.165) is 24.2 Å². The Kier molecular flexibility index (Phi) is 3.35. The fraction of sp³-hybridized carbons (Fsp3) is 0.474. The Morgan fingerprint density at radius 1 is 1.26 bits per heavy atom. The van der Waals surface area contributed by atoms with Crippen molar-refractivity contribution in [1.29, 1.82) is 0 Å². The lowest BCUT2D eigenvalue weighted by molar-refractivity contribution is 0.0706. The van der Waals surface area contributed by atoms with Crippen LogP contribution in [0.15, 0.2) is 16.8 Å². The van der Waals surface area contributed by atoms with Gasteiger partial charge in [0, 0.05) is 12.1 Å². The molecule has 0 atom stereocenters. The molecule has 1 aliphatic heterocycles. The van der Waals surface area contributed by atoms with E-state index in [1.165, 1.54) is 6.33 Å². The fourth-order valence-electron chi connectivity index (χ4n) is 3.74. The first-order valence-electron chi connectivity index (χ1n) is 9.28. The Labute approximate surface area is 156 Å². The summed E-state index contributed by atoms with van der Waals surface area (Å²) in [6.07, 6.45) is 3.66. The van der Waals surface area contributed by atoms with Crippen molar-refractivity contribution in [2.24, 2.45) is 0 Å². The predicted molar refractivity (Wildman–Crippen MR) is 99.5 cm³/mol. The quantitative estimate of drug-likeness (QED) is 0.767. The van der Waals surface area contributed by atoms with Crippen LogP contribution in [0.3, 0.4) is 0 Å². The maximum absolute atomic E-state index is 13.4. The maximum atomic E-state index is 13.4. The number of furan rings is 1. The summed E-state index contributed by atoms with van der Waals surface area (Å²) in [4.78, 5) is 23.9. The first-order chi connectivity index (χ1) is 12.9. The average Bonchev–Trinajstić information content (AvgIpc) is 3.08. The first kappa shape index (κ1) is 16.3. The van der Waals surface area contributed by atoms with Crippen LogP contribution in [-0.2, 0) is 13.1 Å². The molecule has 0 spiro atoms. The molecule has 1 N–H and O–H groups in total. The van der Waals surface area contributed by atoms with E-state index in [2.05, 4.69) is 27.3 Å². The van der Waals surface area contributed by atoms with Gasteiger partial charge in [0.2, 0.25) is 5.71 Å². The number of aromatic nitrogens is 4. The summed E-state index contributed by atoms with van der Waals surface area (Å²) in [5.41, 5.74) is 3.08. The number of fused-ring (bicyclic) bond motifs is 2. The summed E-state index contributed by atoms with van der Waals surface area (Å²) < 4.78 is 7.78. The molecule has 1 saturated carbocycles. The van der Waals surface area contributed by atoms with Gasteiger partial charge in [-0.05, 0) is 39.7 Å². The SMILES string of the molecule is Cc1cc2n(n1)CCN(C(=O)c1c(C)oc3ncnc(NC4(C)CC4)c13)C2. The molecule has 1 fully saturated rings. The molecule has 0 bridgehead atoms. The summed E-state index contributed by atoms with van der Waals surface area (Å²) in [5, 5.41) is 8.62. The van der Waals surface area contributed by atoms with Crippen LogP contribution in [0.4, 0.5) is 5.82 Å². The molecule has 2 aliphatic rings. The molecule has 3 aromatic rings. The van der Waals surface area contributed by atoms with Crippen molar-refractivity contribution in [2.45, 2.75) is 52.2 Å². The van der Waals surface area contributed by atoms with Crippen LogP contribution in [0, 0.1) is 13.8 Å². The number of carbonyl (C=O) groups is 1. The number of aryl methyl sites for hydroxylation is 2. The van der Waals surface area contributed by atoms with Gasteiger partial charge in [0.25, 0.3) is 5.91 Å². The monoisotopic (exact) mass is 366 g/mol. The molecule has 1 aliphatic carbocycles. The van der Waals surface area contributed by atoms with Gasteiger partial charge in [0.05, 0.1) is 35.4 Å². The van der Waals surface area contributed by atoms with Crippen molar-refractivity contribution in [2.75, 3.05) is 11.9 Å². The van der Waals surface area contributed by atoms with Crippen LogP contribution in [0.25, 0.3) is 11.1 Å². The number of nitrogens with one attached hydrogen (secondary N) is 1. The van der Waals surface area contributed by atoms with Crippen LogP contribution in [0.2, 0.25) is 0 Å². The van der Waals surface area contributed by atoms with E-state index >= 15 is 0 Å². The van der Waals surface area contributed by atoms with E-state index in [1.54, 1.807) is 0 Å². The van der Waals surface area contributed by atoms with Crippen molar-refractivity contribution in [3.63, 3.8) is 0 Å². The van der Waals surface area contributed by atoms with Crippen molar-refractivity contribution in [1.82, 2.24) is 24.6 Å². The summed E-state index contributed by atoms with van der Waals surface area (Å²) in [7, 11) is 0. The van der Waals surface area contributed by atoms with Crippen LogP contribution >= 0.6 is 0 Å². The summed E-state index contributed by atoms with van der Waals surface area (Å²) >= 11 is 0. The Morgan fingerprint density at radius 3 is 2.85 bits per heavy atom. The lowest BCUT2D eigenvalue weighted by Crippen LogP contribution is -2.38. The third-order valence-corrected chi connectivity index (χ3v) is 5.51. The Morgan fingerprint density at radius 2 is 2.07 bits per heavy atom. The van der Waals surface area contributed by atoms with Crippen LogP contribution in [0.1, 0.15) is 47.3 Å².